The smallest absolute Gasteiger partial charge is 0.285 e. The molecular weight excluding hydrogens is 628 g/mol. The van der Waals surface area contributed by atoms with Gasteiger partial charge >= 0.3 is 0 Å². The van der Waals surface area contributed by atoms with E-state index in [9.17, 15) is 14.4 Å². The Hall–Kier alpha value is -6.25. The molecule has 1 aliphatic heterocycles. The molecule has 2 heterocycles. The minimum Gasteiger partial charge on any atom is -0.475 e. The van der Waals surface area contributed by atoms with Crippen LogP contribution >= 0.6 is 0 Å². The molecule has 50 heavy (non-hydrogen) atoms. The zero-order valence-electron chi connectivity index (χ0n) is 27.3. The van der Waals surface area contributed by atoms with Gasteiger partial charge in [-0.2, -0.15) is 4.73 Å². The number of pyridine rings is 1. The van der Waals surface area contributed by atoms with Crippen LogP contribution in [-0.2, 0) is 4.84 Å². The molecule has 0 saturated heterocycles. The molecule has 2 amide bonds. The third-order valence-corrected chi connectivity index (χ3v) is 8.57. The summed E-state index contributed by atoms with van der Waals surface area (Å²) in [5.41, 5.74) is 3.85. The van der Waals surface area contributed by atoms with E-state index in [1.165, 1.54) is 17.0 Å². The lowest BCUT2D eigenvalue weighted by Crippen LogP contribution is -2.34. The summed E-state index contributed by atoms with van der Waals surface area (Å²) in [6.07, 6.45) is -0.314. The monoisotopic (exact) mass is 662 g/mol. The summed E-state index contributed by atoms with van der Waals surface area (Å²) in [5, 5.41) is 0.769. The summed E-state index contributed by atoms with van der Waals surface area (Å²) in [5.74, 6) is -1.10. The highest BCUT2D eigenvalue weighted by Crippen LogP contribution is 2.32. The van der Waals surface area contributed by atoms with Crippen molar-refractivity contribution in [2.24, 2.45) is 0 Å². The second-order valence-electron chi connectivity index (χ2n) is 11.8. The fourth-order valence-corrected chi connectivity index (χ4v) is 6.05. The number of carbonyl (C=O) groups excluding carboxylic acids is 2. The van der Waals surface area contributed by atoms with E-state index in [0.717, 1.165) is 27.3 Å². The van der Waals surface area contributed by atoms with Gasteiger partial charge in [0, 0.05) is 6.07 Å². The van der Waals surface area contributed by atoms with E-state index in [1.807, 2.05) is 128 Å². The standard InChI is InChI=1S/C42H34N2O6/c1-2-37(49-44-41(46)33-25-15-16-26-34(33)42(44)47)35-27-36(45)38(48-39(29-17-7-3-8-18-29)30-19-9-4-10-20-30)28-43(35)50-40(31-21-11-5-12-22-31)32-23-13-6-14-24-32/h3-28,37,39-40H,2H2,1H3. The normalized spacial score (nSPS) is 13.1. The number of ether oxygens (including phenoxy) is 1. The average molecular weight is 663 g/mol. The SMILES string of the molecule is CCC(ON1C(=O)c2ccccc2C1=O)c1cc(=O)c(OC(c2ccccc2)c2ccccc2)cn1OC(c1ccccc1)c1ccccc1. The highest BCUT2D eigenvalue weighted by Gasteiger charge is 2.39. The minimum absolute atomic E-state index is 0.0434. The van der Waals surface area contributed by atoms with Crippen LogP contribution in [0.15, 0.2) is 163 Å². The lowest BCUT2D eigenvalue weighted by Gasteiger charge is -2.28. The number of hydrogen-bond acceptors (Lipinski definition) is 6. The van der Waals surface area contributed by atoms with Crippen LogP contribution in [0.4, 0.5) is 0 Å². The molecule has 7 rings (SSSR count). The van der Waals surface area contributed by atoms with Gasteiger partial charge in [0.2, 0.25) is 5.43 Å². The Morgan fingerprint density at radius 1 is 0.540 bits per heavy atom. The van der Waals surface area contributed by atoms with Crippen LogP contribution in [0.3, 0.4) is 0 Å². The molecule has 8 heteroatoms. The maximum atomic E-state index is 14.0. The van der Waals surface area contributed by atoms with Crippen molar-refractivity contribution in [2.75, 3.05) is 0 Å². The predicted molar refractivity (Wildman–Crippen MR) is 188 cm³/mol. The van der Waals surface area contributed by atoms with E-state index in [1.54, 1.807) is 24.3 Å². The van der Waals surface area contributed by atoms with E-state index in [-0.39, 0.29) is 16.9 Å². The molecule has 1 aliphatic rings. The Morgan fingerprint density at radius 3 is 1.40 bits per heavy atom. The van der Waals surface area contributed by atoms with E-state index >= 15 is 0 Å². The lowest BCUT2D eigenvalue weighted by atomic mass is 10.0. The van der Waals surface area contributed by atoms with Crippen LogP contribution < -0.4 is 15.0 Å². The number of amides is 2. The first-order valence-electron chi connectivity index (χ1n) is 16.5. The Kier molecular flexibility index (Phi) is 9.35. The van der Waals surface area contributed by atoms with Crippen LogP contribution in [0.25, 0.3) is 0 Å². The number of hydrogen-bond donors (Lipinski definition) is 0. The Balaban J connectivity index is 1.33. The maximum absolute atomic E-state index is 14.0. The number of nitrogens with zero attached hydrogens (tertiary/aromatic N) is 2. The minimum atomic E-state index is -0.926. The molecule has 248 valence electrons. The number of carbonyl (C=O) groups is 2. The topological polar surface area (TPSA) is 87.1 Å². The van der Waals surface area contributed by atoms with E-state index < -0.39 is 35.6 Å². The fourth-order valence-electron chi connectivity index (χ4n) is 6.05. The molecule has 1 unspecified atom stereocenters. The molecule has 6 aromatic rings. The van der Waals surface area contributed by atoms with Gasteiger partial charge < -0.3 is 9.57 Å². The van der Waals surface area contributed by atoms with Crippen LogP contribution in [0, 0.1) is 0 Å². The van der Waals surface area contributed by atoms with Gasteiger partial charge in [-0.05, 0) is 40.8 Å². The Labute approximate surface area is 289 Å². The molecule has 5 aromatic carbocycles. The molecule has 0 spiro atoms. The first-order valence-corrected chi connectivity index (χ1v) is 16.5. The van der Waals surface area contributed by atoms with E-state index in [2.05, 4.69) is 0 Å². The van der Waals surface area contributed by atoms with Gasteiger partial charge in [-0.3, -0.25) is 19.2 Å². The number of aromatic nitrogens is 1. The molecule has 0 radical (unpaired) electrons. The van der Waals surface area contributed by atoms with Crippen molar-refractivity contribution in [2.45, 2.75) is 31.7 Å². The van der Waals surface area contributed by atoms with Crippen molar-refractivity contribution in [3.8, 4) is 5.75 Å². The molecular formula is C42H34N2O6. The Morgan fingerprint density at radius 2 is 0.960 bits per heavy atom. The van der Waals surface area contributed by atoms with Crippen LogP contribution in [0.5, 0.6) is 5.75 Å². The van der Waals surface area contributed by atoms with Gasteiger partial charge in [-0.1, -0.05) is 140 Å². The number of fused-ring (bicyclic) bond motifs is 1. The third-order valence-electron chi connectivity index (χ3n) is 8.57. The van der Waals surface area contributed by atoms with Crippen molar-refractivity contribution in [1.29, 1.82) is 0 Å². The molecule has 1 aromatic heterocycles. The summed E-state index contributed by atoms with van der Waals surface area (Å²) in [4.78, 5) is 53.5. The summed E-state index contributed by atoms with van der Waals surface area (Å²) in [6.45, 7) is 1.84. The second-order valence-corrected chi connectivity index (χ2v) is 11.8. The molecule has 8 nitrogen and oxygen atoms in total. The van der Waals surface area contributed by atoms with Gasteiger partial charge in [0.05, 0.1) is 23.0 Å². The number of imide groups is 1. The predicted octanol–water partition coefficient (Wildman–Crippen LogP) is 7.91. The molecule has 0 aliphatic carbocycles. The molecule has 0 N–H and O–H groups in total. The van der Waals surface area contributed by atoms with Gasteiger partial charge in [0.15, 0.2) is 11.9 Å². The zero-order chi connectivity index (χ0) is 34.5. The van der Waals surface area contributed by atoms with E-state index in [0.29, 0.717) is 12.1 Å². The first kappa shape index (κ1) is 32.3. The summed E-state index contributed by atoms with van der Waals surface area (Å²) >= 11 is 0. The lowest BCUT2D eigenvalue weighted by molar-refractivity contribution is -0.141. The van der Waals surface area contributed by atoms with Crippen LogP contribution in [0.2, 0.25) is 0 Å². The highest BCUT2D eigenvalue weighted by atomic mass is 16.7. The van der Waals surface area contributed by atoms with Crippen molar-refractivity contribution in [3.63, 3.8) is 0 Å². The number of rotatable bonds is 12. The van der Waals surface area contributed by atoms with Crippen molar-refractivity contribution < 1.29 is 24.0 Å². The molecule has 0 bridgehead atoms. The summed E-state index contributed by atoms with van der Waals surface area (Å²) in [7, 11) is 0. The average Bonchev–Trinajstić information content (AvgIpc) is 3.41. The van der Waals surface area contributed by atoms with Gasteiger partial charge in [-0.25, -0.2) is 0 Å². The van der Waals surface area contributed by atoms with Crippen LogP contribution in [-0.4, -0.2) is 21.6 Å². The molecule has 1 atom stereocenters. The van der Waals surface area contributed by atoms with Gasteiger partial charge in [0.1, 0.15) is 12.2 Å². The number of benzene rings is 5. The highest BCUT2D eigenvalue weighted by molar-refractivity contribution is 6.20. The van der Waals surface area contributed by atoms with Gasteiger partial charge in [-0.15, -0.1) is 5.06 Å². The number of hydroxylamine groups is 2. The van der Waals surface area contributed by atoms with Crippen LogP contribution in [0.1, 0.15) is 80.3 Å². The largest absolute Gasteiger partial charge is 0.475 e. The fraction of sp³-hybridized carbons (Fsp3) is 0.119. The Bertz CT molecular complexity index is 2040. The third kappa shape index (κ3) is 6.57. The van der Waals surface area contributed by atoms with E-state index in [4.69, 9.17) is 14.4 Å². The van der Waals surface area contributed by atoms with Crippen molar-refractivity contribution in [1.82, 2.24) is 9.79 Å². The maximum Gasteiger partial charge on any atom is 0.285 e. The zero-order valence-corrected chi connectivity index (χ0v) is 27.3. The summed E-state index contributed by atoms with van der Waals surface area (Å²) < 4.78 is 8.03. The van der Waals surface area contributed by atoms with Crippen molar-refractivity contribution >= 4 is 11.8 Å². The molecule has 0 saturated carbocycles. The van der Waals surface area contributed by atoms with Crippen molar-refractivity contribution in [3.05, 3.63) is 207 Å². The summed E-state index contributed by atoms with van der Waals surface area (Å²) in [6, 6.07) is 46.7. The molecule has 0 fully saturated rings. The first-order chi connectivity index (χ1) is 24.5. The van der Waals surface area contributed by atoms with Gasteiger partial charge in [0.25, 0.3) is 11.8 Å². The second kappa shape index (κ2) is 14.5. The quantitative estimate of drug-likeness (QED) is 0.124.